The van der Waals surface area contributed by atoms with E-state index in [4.69, 9.17) is 24.2 Å². The summed E-state index contributed by atoms with van der Waals surface area (Å²) in [5.41, 5.74) is 3.21. The highest BCUT2D eigenvalue weighted by atomic mass is 32.2. The van der Waals surface area contributed by atoms with Crippen molar-refractivity contribution in [2.75, 3.05) is 38.8 Å². The number of allylic oxidation sites excluding steroid dienone is 1. The van der Waals surface area contributed by atoms with Gasteiger partial charge in [-0.3, -0.25) is 0 Å². The molecule has 7 nitrogen and oxygen atoms in total. The first-order valence-electron chi connectivity index (χ1n) is 18.8. The Bertz CT molecular complexity index is 1640. The molecule has 1 heterocycles. The minimum absolute atomic E-state index is 0.0274. The molecule has 0 saturated heterocycles. The van der Waals surface area contributed by atoms with Crippen LogP contribution in [0.4, 0.5) is 0 Å². The molecule has 2 aliphatic carbocycles. The van der Waals surface area contributed by atoms with Crippen molar-refractivity contribution in [3.63, 3.8) is 0 Å². The summed E-state index contributed by atoms with van der Waals surface area (Å²) in [6.07, 6.45) is 10.1. The van der Waals surface area contributed by atoms with Crippen LogP contribution in [-0.4, -0.2) is 65.7 Å². The summed E-state index contributed by atoms with van der Waals surface area (Å²) >= 11 is 3.56. The first-order chi connectivity index (χ1) is 25.6. The van der Waals surface area contributed by atoms with E-state index in [2.05, 4.69) is 73.3 Å². The SMILES string of the molecule is C=CCOC12Oc3ccc(OCCSc4ccccc4)cc3C3C(CCCCO)C(CCCCO)C=C(C(=NOCC)CC1Sc1ccccc1)C32. The average molecular weight is 744 g/mol. The molecule has 0 radical (unpaired) electrons. The van der Waals surface area contributed by atoms with Crippen molar-refractivity contribution >= 4 is 29.2 Å². The maximum Gasteiger partial charge on any atom is 0.231 e. The lowest BCUT2D eigenvalue weighted by atomic mass is 9.56. The quantitative estimate of drug-likeness (QED) is 0.0513. The Hall–Kier alpha value is -3.21. The van der Waals surface area contributed by atoms with Crippen molar-refractivity contribution in [2.24, 2.45) is 22.9 Å². The van der Waals surface area contributed by atoms with E-state index in [1.165, 1.54) is 4.90 Å². The lowest BCUT2D eigenvalue weighted by Crippen LogP contribution is -2.64. The lowest BCUT2D eigenvalue weighted by Gasteiger charge is -2.58. The zero-order chi connectivity index (χ0) is 36.2. The van der Waals surface area contributed by atoms with Gasteiger partial charge in [0.05, 0.1) is 30.1 Å². The average Bonchev–Trinajstić information content (AvgIpc) is 3.18. The molecule has 0 aromatic heterocycles. The molecule has 6 unspecified atom stereocenters. The zero-order valence-corrected chi connectivity index (χ0v) is 31.9. The summed E-state index contributed by atoms with van der Waals surface area (Å²) in [6, 6.07) is 27.2. The number of aliphatic hydroxyl groups excluding tert-OH is 2. The van der Waals surface area contributed by atoms with E-state index >= 15 is 0 Å². The molecule has 0 amide bonds. The number of benzene rings is 3. The van der Waals surface area contributed by atoms with E-state index in [-0.39, 0.29) is 42.1 Å². The number of unbranched alkanes of at least 4 members (excludes halogenated alkanes) is 2. The van der Waals surface area contributed by atoms with Crippen LogP contribution in [0.15, 0.2) is 118 Å². The van der Waals surface area contributed by atoms with Crippen LogP contribution < -0.4 is 9.47 Å². The van der Waals surface area contributed by atoms with Crippen LogP contribution in [-0.2, 0) is 9.57 Å². The Balaban J connectivity index is 1.46. The smallest absolute Gasteiger partial charge is 0.231 e. The third kappa shape index (κ3) is 8.93. The van der Waals surface area contributed by atoms with Crippen molar-refractivity contribution in [1.82, 2.24) is 0 Å². The number of aliphatic hydroxyl groups is 2. The van der Waals surface area contributed by atoms with Gasteiger partial charge in [-0.15, -0.1) is 30.1 Å². The second-order valence-corrected chi connectivity index (χ2v) is 16.0. The highest BCUT2D eigenvalue weighted by Gasteiger charge is 2.64. The first kappa shape index (κ1) is 38.5. The maximum atomic E-state index is 9.86. The van der Waals surface area contributed by atoms with Crippen molar-refractivity contribution < 1.29 is 29.3 Å². The minimum Gasteiger partial charge on any atom is -0.493 e. The molecule has 9 heteroatoms. The van der Waals surface area contributed by atoms with Crippen molar-refractivity contribution in [1.29, 1.82) is 0 Å². The van der Waals surface area contributed by atoms with Crippen LogP contribution in [0, 0.1) is 17.8 Å². The van der Waals surface area contributed by atoms with Gasteiger partial charge in [0.2, 0.25) is 5.79 Å². The van der Waals surface area contributed by atoms with E-state index in [0.29, 0.717) is 26.2 Å². The first-order valence-corrected chi connectivity index (χ1v) is 20.7. The normalized spacial score (nSPS) is 25.4. The van der Waals surface area contributed by atoms with E-state index in [0.717, 1.165) is 77.5 Å². The molecule has 278 valence electrons. The fourth-order valence-corrected chi connectivity index (χ4v) is 10.2. The molecular weight excluding hydrogens is 691 g/mol. The van der Waals surface area contributed by atoms with E-state index in [1.807, 2.05) is 31.2 Å². The topological polar surface area (TPSA) is 89.7 Å². The van der Waals surface area contributed by atoms with E-state index in [1.54, 1.807) is 23.5 Å². The lowest BCUT2D eigenvalue weighted by molar-refractivity contribution is -0.223. The summed E-state index contributed by atoms with van der Waals surface area (Å²) < 4.78 is 20.7. The van der Waals surface area contributed by atoms with Gasteiger partial charge in [-0.25, -0.2) is 0 Å². The summed E-state index contributed by atoms with van der Waals surface area (Å²) in [4.78, 5) is 8.19. The highest BCUT2D eigenvalue weighted by Crippen LogP contribution is 2.63. The number of rotatable bonds is 20. The molecule has 3 aliphatic rings. The molecule has 52 heavy (non-hydrogen) atoms. The highest BCUT2D eigenvalue weighted by molar-refractivity contribution is 8.00. The molecule has 1 aliphatic heterocycles. The van der Waals surface area contributed by atoms with Crippen molar-refractivity contribution in [2.45, 2.75) is 78.6 Å². The van der Waals surface area contributed by atoms with Gasteiger partial charge < -0.3 is 29.3 Å². The molecule has 2 N–H and O–H groups in total. The number of fused-ring (bicyclic) bond motifs is 2. The van der Waals surface area contributed by atoms with Gasteiger partial charge in [0.1, 0.15) is 18.1 Å². The second-order valence-electron chi connectivity index (χ2n) is 13.6. The molecule has 0 spiro atoms. The van der Waals surface area contributed by atoms with Gasteiger partial charge in [0, 0.05) is 46.7 Å². The van der Waals surface area contributed by atoms with Gasteiger partial charge in [-0.05, 0) is 92.5 Å². The monoisotopic (exact) mass is 743 g/mol. The summed E-state index contributed by atoms with van der Waals surface area (Å²) in [6.45, 7) is 7.75. The van der Waals surface area contributed by atoms with Crippen LogP contribution in [0.2, 0.25) is 0 Å². The van der Waals surface area contributed by atoms with Gasteiger partial charge in [0.25, 0.3) is 0 Å². The molecule has 6 atom stereocenters. The van der Waals surface area contributed by atoms with Crippen molar-refractivity contribution in [3.05, 3.63) is 109 Å². The fraction of sp³-hybridized carbons (Fsp3) is 0.465. The van der Waals surface area contributed by atoms with Gasteiger partial charge in [0.15, 0.2) is 0 Å². The van der Waals surface area contributed by atoms with Crippen LogP contribution in [0.3, 0.4) is 0 Å². The Morgan fingerprint density at radius 3 is 2.38 bits per heavy atom. The van der Waals surface area contributed by atoms with E-state index < -0.39 is 5.79 Å². The summed E-state index contributed by atoms with van der Waals surface area (Å²) in [7, 11) is 0. The van der Waals surface area contributed by atoms with E-state index in [9.17, 15) is 10.2 Å². The number of thioether (sulfide) groups is 2. The number of hydrogen-bond donors (Lipinski definition) is 2. The molecule has 1 fully saturated rings. The molecular formula is C43H53NO6S2. The molecule has 3 aromatic carbocycles. The predicted molar refractivity (Wildman–Crippen MR) is 212 cm³/mol. The third-order valence-electron chi connectivity index (χ3n) is 10.3. The summed E-state index contributed by atoms with van der Waals surface area (Å²) in [5, 5.41) is 24.3. The largest absolute Gasteiger partial charge is 0.493 e. The third-order valence-corrected chi connectivity index (χ3v) is 12.6. The molecule has 0 bridgehead atoms. The minimum atomic E-state index is -1.01. The van der Waals surface area contributed by atoms with Crippen LogP contribution in [0.1, 0.15) is 63.4 Å². The van der Waals surface area contributed by atoms with Gasteiger partial charge >= 0.3 is 0 Å². The Morgan fingerprint density at radius 1 is 0.942 bits per heavy atom. The zero-order valence-electron chi connectivity index (χ0n) is 30.2. The Kier molecular flexibility index (Phi) is 14.2. The Labute approximate surface area is 317 Å². The van der Waals surface area contributed by atoms with Crippen LogP contribution in [0.25, 0.3) is 0 Å². The number of hydrogen-bond acceptors (Lipinski definition) is 9. The number of oxime groups is 1. The maximum absolute atomic E-state index is 9.86. The van der Waals surface area contributed by atoms with Crippen molar-refractivity contribution in [3.8, 4) is 11.5 Å². The second kappa shape index (κ2) is 19.2. The standard InChI is InChI=1S/C43H53NO6S2/c1-3-25-48-43-40(52-34-18-9-6-10-19-34)30-38(44-49-4-2)36-28-31(15-11-13-23-45)35(20-12-14-24-46)41(42(36)43)37-29-32(21-22-39(37)50-43)47-26-27-51-33-16-7-5-8-17-33/h3,5-10,16-19,21-22,28-29,31,35,40-42,45-46H,1,4,11-15,20,23-27,30H2,2H3. The molecule has 1 saturated carbocycles. The molecule has 6 rings (SSSR count). The predicted octanol–water partition coefficient (Wildman–Crippen LogP) is 9.30. The Morgan fingerprint density at radius 2 is 1.67 bits per heavy atom. The fourth-order valence-electron chi connectivity index (χ4n) is 8.16. The number of nitrogens with zero attached hydrogens (tertiary/aromatic N) is 1. The van der Waals surface area contributed by atoms with Crippen LogP contribution >= 0.6 is 23.5 Å². The van der Waals surface area contributed by atoms with Gasteiger partial charge in [-0.2, -0.15) is 0 Å². The van der Waals surface area contributed by atoms with Gasteiger partial charge in [-0.1, -0.05) is 66.5 Å². The number of ether oxygens (including phenoxy) is 3. The summed E-state index contributed by atoms with van der Waals surface area (Å²) in [5.74, 6) is 1.80. The molecule has 3 aromatic rings. The van der Waals surface area contributed by atoms with Crippen LogP contribution in [0.5, 0.6) is 11.5 Å².